The molecule has 4 saturated carbocycles. The molecule has 6 nitrogen and oxygen atoms in total. The molecular formula is C27H32N2O4. The normalized spacial score (nSPS) is 28.2. The van der Waals surface area contributed by atoms with Crippen LogP contribution < -0.4 is 15.4 Å². The lowest BCUT2D eigenvalue weighted by Crippen LogP contribution is -2.61. The Hall–Kier alpha value is -3.02. The molecular weight excluding hydrogens is 416 g/mol. The third-order valence-corrected chi connectivity index (χ3v) is 7.66. The van der Waals surface area contributed by atoms with Crippen LogP contribution in [0.15, 0.2) is 54.6 Å². The molecule has 4 fully saturated rings. The fourth-order valence-corrected chi connectivity index (χ4v) is 6.67. The standard InChI is InChI=1S/C27H32N2O4/c30-25(31)22-6-8-23(9-7-22)33-24(21-4-2-1-3-5-21)10-11-28-26(32)29-27-15-18-12-19(16-27)14-20(13-18)17-27/h1-9,18-20,24H,10-17H2,(H,30,31)(H2,28,29,32). The molecule has 0 saturated heterocycles. The number of carbonyl (C=O) groups excluding carboxylic acids is 1. The number of benzene rings is 2. The van der Waals surface area contributed by atoms with Crippen LogP contribution in [0.4, 0.5) is 4.79 Å². The molecule has 0 aromatic heterocycles. The Balaban J connectivity index is 1.18. The van der Waals surface area contributed by atoms with E-state index in [4.69, 9.17) is 9.84 Å². The van der Waals surface area contributed by atoms with Crippen LogP contribution >= 0.6 is 0 Å². The minimum absolute atomic E-state index is 0.0000511. The van der Waals surface area contributed by atoms with Crippen molar-refractivity contribution in [1.29, 1.82) is 0 Å². The van der Waals surface area contributed by atoms with Gasteiger partial charge in [0.1, 0.15) is 11.9 Å². The van der Waals surface area contributed by atoms with Crippen molar-refractivity contribution in [3.8, 4) is 5.75 Å². The highest BCUT2D eigenvalue weighted by Crippen LogP contribution is 2.55. The highest BCUT2D eigenvalue weighted by Gasteiger charge is 2.51. The molecule has 0 radical (unpaired) electrons. The number of hydrogen-bond acceptors (Lipinski definition) is 3. The summed E-state index contributed by atoms with van der Waals surface area (Å²) in [6, 6.07) is 16.2. The zero-order valence-corrected chi connectivity index (χ0v) is 18.8. The average Bonchev–Trinajstić information content (AvgIpc) is 2.78. The number of aromatic carboxylic acids is 1. The monoisotopic (exact) mass is 448 g/mol. The summed E-state index contributed by atoms with van der Waals surface area (Å²) in [7, 11) is 0. The summed E-state index contributed by atoms with van der Waals surface area (Å²) in [4.78, 5) is 23.9. The minimum atomic E-state index is -0.963. The van der Waals surface area contributed by atoms with Gasteiger partial charge < -0.3 is 20.5 Å². The van der Waals surface area contributed by atoms with Crippen molar-refractivity contribution in [3.63, 3.8) is 0 Å². The van der Waals surface area contributed by atoms with E-state index < -0.39 is 5.97 Å². The van der Waals surface area contributed by atoms with Crippen LogP contribution in [0.25, 0.3) is 0 Å². The van der Waals surface area contributed by atoms with Crippen LogP contribution in [0.1, 0.15) is 67.0 Å². The number of amides is 2. The van der Waals surface area contributed by atoms with Crippen molar-refractivity contribution in [3.05, 3.63) is 65.7 Å². The van der Waals surface area contributed by atoms with Gasteiger partial charge in [-0.1, -0.05) is 30.3 Å². The van der Waals surface area contributed by atoms with Crippen LogP contribution in [-0.4, -0.2) is 29.2 Å². The second kappa shape index (κ2) is 9.08. The summed E-state index contributed by atoms with van der Waals surface area (Å²) < 4.78 is 6.19. The molecule has 4 aliphatic rings. The van der Waals surface area contributed by atoms with Crippen molar-refractivity contribution >= 4 is 12.0 Å². The predicted molar refractivity (Wildman–Crippen MR) is 125 cm³/mol. The number of nitrogens with one attached hydrogen (secondary N) is 2. The second-order valence-corrected chi connectivity index (χ2v) is 10.2. The van der Waals surface area contributed by atoms with E-state index >= 15 is 0 Å². The van der Waals surface area contributed by atoms with Gasteiger partial charge in [-0.05, 0) is 86.1 Å². The van der Waals surface area contributed by atoms with Gasteiger partial charge in [0.2, 0.25) is 0 Å². The van der Waals surface area contributed by atoms with E-state index in [0.29, 0.717) is 18.7 Å². The lowest BCUT2D eigenvalue weighted by Gasteiger charge is -2.56. The maximum atomic E-state index is 12.8. The molecule has 0 heterocycles. The Morgan fingerprint density at radius 2 is 1.55 bits per heavy atom. The molecule has 174 valence electrons. The summed E-state index contributed by atoms with van der Waals surface area (Å²) >= 11 is 0. The van der Waals surface area contributed by atoms with Gasteiger partial charge in [-0.2, -0.15) is 0 Å². The molecule has 6 heteroatoms. The van der Waals surface area contributed by atoms with E-state index in [9.17, 15) is 9.59 Å². The van der Waals surface area contributed by atoms with E-state index in [0.717, 1.165) is 42.6 Å². The first kappa shape index (κ1) is 21.8. The van der Waals surface area contributed by atoms with Crippen LogP contribution in [-0.2, 0) is 0 Å². The number of ether oxygens (including phenoxy) is 1. The molecule has 0 aliphatic heterocycles. The van der Waals surface area contributed by atoms with Crippen molar-refractivity contribution in [2.45, 2.75) is 56.6 Å². The zero-order valence-electron chi connectivity index (χ0n) is 18.8. The fourth-order valence-electron chi connectivity index (χ4n) is 6.67. The lowest BCUT2D eigenvalue weighted by atomic mass is 9.53. The Labute approximate surface area is 194 Å². The van der Waals surface area contributed by atoms with Gasteiger partial charge in [-0.15, -0.1) is 0 Å². The van der Waals surface area contributed by atoms with Crippen molar-refractivity contribution in [1.82, 2.24) is 10.6 Å². The minimum Gasteiger partial charge on any atom is -0.486 e. The van der Waals surface area contributed by atoms with Gasteiger partial charge >= 0.3 is 12.0 Å². The van der Waals surface area contributed by atoms with Gasteiger partial charge in [0.05, 0.1) is 5.56 Å². The smallest absolute Gasteiger partial charge is 0.335 e. The topological polar surface area (TPSA) is 87.7 Å². The maximum Gasteiger partial charge on any atom is 0.335 e. The second-order valence-electron chi connectivity index (χ2n) is 10.2. The Morgan fingerprint density at radius 3 is 2.12 bits per heavy atom. The largest absolute Gasteiger partial charge is 0.486 e. The van der Waals surface area contributed by atoms with E-state index in [1.165, 1.54) is 31.4 Å². The van der Waals surface area contributed by atoms with Crippen molar-refractivity contribution < 1.29 is 19.4 Å². The molecule has 2 amide bonds. The third kappa shape index (κ3) is 5.00. The maximum absolute atomic E-state index is 12.8. The Kier molecular flexibility index (Phi) is 6.00. The molecule has 0 spiro atoms. The van der Waals surface area contributed by atoms with Crippen LogP contribution in [0.3, 0.4) is 0 Å². The van der Waals surface area contributed by atoms with Gasteiger partial charge in [0.15, 0.2) is 0 Å². The van der Waals surface area contributed by atoms with Crippen LogP contribution in [0.5, 0.6) is 5.75 Å². The molecule has 4 aliphatic carbocycles. The van der Waals surface area contributed by atoms with Gasteiger partial charge in [-0.3, -0.25) is 0 Å². The van der Waals surface area contributed by atoms with E-state index in [2.05, 4.69) is 10.6 Å². The van der Waals surface area contributed by atoms with E-state index in [1.807, 2.05) is 30.3 Å². The first-order chi connectivity index (χ1) is 16.0. The zero-order chi connectivity index (χ0) is 22.8. The summed E-state index contributed by atoms with van der Waals surface area (Å²) in [6.07, 6.45) is 7.82. The molecule has 4 bridgehead atoms. The summed E-state index contributed by atoms with van der Waals surface area (Å²) in [6.45, 7) is 0.491. The number of carboxylic acid groups (broad SMARTS) is 1. The van der Waals surface area contributed by atoms with Gasteiger partial charge in [-0.25, -0.2) is 9.59 Å². The summed E-state index contributed by atoms with van der Waals surface area (Å²) in [5.41, 5.74) is 1.24. The van der Waals surface area contributed by atoms with Gasteiger partial charge in [0, 0.05) is 18.5 Å². The predicted octanol–water partition coefficient (Wildman–Crippen LogP) is 5.16. The SMILES string of the molecule is O=C(NCCC(Oc1ccc(C(=O)O)cc1)c1ccccc1)NC12CC3CC(CC(C3)C1)C2. The third-order valence-electron chi connectivity index (χ3n) is 7.66. The molecule has 1 unspecified atom stereocenters. The van der Waals surface area contributed by atoms with Crippen LogP contribution in [0, 0.1) is 17.8 Å². The molecule has 33 heavy (non-hydrogen) atoms. The highest BCUT2D eigenvalue weighted by atomic mass is 16.5. The van der Waals surface area contributed by atoms with E-state index in [-0.39, 0.29) is 23.2 Å². The molecule has 6 rings (SSSR count). The number of urea groups is 1. The Morgan fingerprint density at radius 1 is 0.939 bits per heavy atom. The number of hydrogen-bond donors (Lipinski definition) is 3. The van der Waals surface area contributed by atoms with Gasteiger partial charge in [0.25, 0.3) is 0 Å². The average molecular weight is 449 g/mol. The quantitative estimate of drug-likeness (QED) is 0.520. The number of carbonyl (C=O) groups is 2. The van der Waals surface area contributed by atoms with Crippen molar-refractivity contribution in [2.24, 2.45) is 17.8 Å². The Bertz CT molecular complexity index is 954. The molecule has 2 aromatic rings. The lowest BCUT2D eigenvalue weighted by molar-refractivity contribution is -0.0135. The first-order valence-corrected chi connectivity index (χ1v) is 12.1. The molecule has 3 N–H and O–H groups in total. The van der Waals surface area contributed by atoms with E-state index in [1.54, 1.807) is 12.1 Å². The fraction of sp³-hybridized carbons (Fsp3) is 0.481. The van der Waals surface area contributed by atoms with Crippen LogP contribution in [0.2, 0.25) is 0 Å². The number of rotatable bonds is 8. The first-order valence-electron chi connectivity index (χ1n) is 12.1. The molecule has 2 aromatic carbocycles. The van der Waals surface area contributed by atoms with Crippen molar-refractivity contribution in [2.75, 3.05) is 6.54 Å². The number of carboxylic acids is 1. The highest BCUT2D eigenvalue weighted by molar-refractivity contribution is 5.87. The molecule has 1 atom stereocenters. The summed E-state index contributed by atoms with van der Waals surface area (Å²) in [5.74, 6) is 2.02. The summed E-state index contributed by atoms with van der Waals surface area (Å²) in [5, 5.41) is 15.5.